The molecule has 4 aliphatic rings. The van der Waals surface area contributed by atoms with Gasteiger partial charge in [0.1, 0.15) is 0 Å². The monoisotopic (exact) mass is 444 g/mol. The highest BCUT2D eigenvalue weighted by Crippen LogP contribution is 2.30. The number of hydrogen-bond acceptors (Lipinski definition) is 6. The van der Waals surface area contributed by atoms with Gasteiger partial charge in [-0.15, -0.1) is 0 Å². The van der Waals surface area contributed by atoms with Gasteiger partial charge in [0.25, 0.3) is 23.6 Å². The highest BCUT2D eigenvalue weighted by atomic mass is 16.2. The zero-order chi connectivity index (χ0) is 23.9. The van der Waals surface area contributed by atoms with Gasteiger partial charge in [-0.3, -0.25) is 19.2 Å². The SMILES string of the molecule is CC1=CC(CC2=CC(C)C(=NN3C(=O)C=CC3=O)C(C)=C2)=CC(C)C1=NN1C(=O)C=CC1=O. The summed E-state index contributed by atoms with van der Waals surface area (Å²) in [4.78, 5) is 47.4. The van der Waals surface area contributed by atoms with Crippen LogP contribution in [0.25, 0.3) is 0 Å². The summed E-state index contributed by atoms with van der Waals surface area (Å²) in [5.41, 5.74) is 5.38. The number of hydrogen-bond donors (Lipinski definition) is 0. The number of amides is 4. The van der Waals surface area contributed by atoms with Gasteiger partial charge in [-0.25, -0.2) is 0 Å². The summed E-state index contributed by atoms with van der Waals surface area (Å²) in [5.74, 6) is -1.86. The lowest BCUT2D eigenvalue weighted by molar-refractivity contribution is -0.138. The molecule has 0 N–H and O–H groups in total. The van der Waals surface area contributed by atoms with Gasteiger partial charge in [-0.2, -0.15) is 20.2 Å². The normalized spacial score (nSPS) is 27.6. The Kier molecular flexibility index (Phi) is 5.76. The number of carbonyl (C=O) groups is 4. The summed E-state index contributed by atoms with van der Waals surface area (Å²) in [6.07, 6.45) is 13.8. The van der Waals surface area contributed by atoms with Gasteiger partial charge in [-0.05, 0) is 42.6 Å². The van der Waals surface area contributed by atoms with Crippen molar-refractivity contribution >= 4 is 35.1 Å². The van der Waals surface area contributed by atoms with E-state index < -0.39 is 23.6 Å². The van der Waals surface area contributed by atoms with E-state index >= 15 is 0 Å². The van der Waals surface area contributed by atoms with Crippen LogP contribution in [0.4, 0.5) is 0 Å². The van der Waals surface area contributed by atoms with Gasteiger partial charge in [0.05, 0.1) is 11.4 Å². The summed E-state index contributed by atoms with van der Waals surface area (Å²) in [5, 5.41) is 10.4. The number of allylic oxidation sites excluding steroid dienone is 8. The van der Waals surface area contributed by atoms with Crippen LogP contribution >= 0.6 is 0 Å². The Labute approximate surface area is 191 Å². The minimum absolute atomic E-state index is 0.0605. The maximum absolute atomic E-state index is 11.8. The first-order valence-corrected chi connectivity index (χ1v) is 10.7. The molecule has 2 atom stereocenters. The average Bonchev–Trinajstić information content (AvgIpc) is 3.22. The smallest absolute Gasteiger partial charge is 0.267 e. The number of imide groups is 2. The van der Waals surface area contributed by atoms with Crippen molar-refractivity contribution in [3.05, 3.63) is 70.9 Å². The minimum Gasteiger partial charge on any atom is -0.267 e. The summed E-state index contributed by atoms with van der Waals surface area (Å²) >= 11 is 0. The Balaban J connectivity index is 1.50. The van der Waals surface area contributed by atoms with E-state index in [-0.39, 0.29) is 11.8 Å². The highest BCUT2D eigenvalue weighted by molar-refractivity contribution is 6.15. The number of nitrogens with zero attached hydrogens (tertiary/aromatic N) is 4. The van der Waals surface area contributed by atoms with Gasteiger partial charge in [0.15, 0.2) is 0 Å². The molecule has 0 bridgehead atoms. The molecule has 0 aromatic rings. The molecular formula is C25H24N4O4. The van der Waals surface area contributed by atoms with Crippen LogP contribution in [0.15, 0.2) is 81.1 Å². The van der Waals surface area contributed by atoms with Gasteiger partial charge in [0.2, 0.25) is 0 Å². The predicted molar refractivity (Wildman–Crippen MR) is 123 cm³/mol. The molecule has 4 rings (SSSR count). The van der Waals surface area contributed by atoms with Crippen LogP contribution in [0.3, 0.4) is 0 Å². The van der Waals surface area contributed by atoms with E-state index in [4.69, 9.17) is 0 Å². The molecule has 8 heteroatoms. The van der Waals surface area contributed by atoms with Crippen LogP contribution in [0, 0.1) is 11.8 Å². The Morgan fingerprint density at radius 1 is 0.667 bits per heavy atom. The Morgan fingerprint density at radius 2 is 1.00 bits per heavy atom. The fraction of sp³-hybridized carbons (Fsp3) is 0.280. The fourth-order valence-corrected chi connectivity index (χ4v) is 4.31. The van der Waals surface area contributed by atoms with Crippen LogP contribution in [-0.2, 0) is 19.2 Å². The van der Waals surface area contributed by atoms with Crippen LogP contribution < -0.4 is 0 Å². The first kappa shape index (κ1) is 22.3. The van der Waals surface area contributed by atoms with Crippen molar-refractivity contribution in [1.82, 2.24) is 10.0 Å². The Bertz CT molecular complexity index is 1090. The van der Waals surface area contributed by atoms with Crippen molar-refractivity contribution in [2.75, 3.05) is 0 Å². The standard InChI is InChI=1S/C25H24N4O4/c1-14-9-18(10-15(2)24(14)26-28-20(30)5-6-21(28)31)13-19-11-16(3)25(17(4)12-19)27-29-22(32)7-8-23(29)33/h5-12,14,16H,13H2,1-4H3. The molecule has 168 valence electrons. The van der Waals surface area contributed by atoms with E-state index in [0.29, 0.717) is 17.8 Å². The number of hydrazone groups is 2. The second-order valence-corrected chi connectivity index (χ2v) is 8.51. The third kappa shape index (κ3) is 4.37. The maximum atomic E-state index is 11.8. The Hall–Kier alpha value is -3.94. The van der Waals surface area contributed by atoms with Gasteiger partial charge in [0, 0.05) is 36.1 Å². The van der Waals surface area contributed by atoms with Crippen molar-refractivity contribution in [3.8, 4) is 0 Å². The molecule has 0 saturated heterocycles. The van der Waals surface area contributed by atoms with Crippen molar-refractivity contribution in [2.24, 2.45) is 22.0 Å². The average molecular weight is 444 g/mol. The molecule has 33 heavy (non-hydrogen) atoms. The largest absolute Gasteiger partial charge is 0.274 e. The molecule has 2 aliphatic heterocycles. The van der Waals surface area contributed by atoms with Crippen molar-refractivity contribution in [2.45, 2.75) is 34.1 Å². The topological polar surface area (TPSA) is 99.5 Å². The molecule has 2 unspecified atom stereocenters. The zero-order valence-electron chi connectivity index (χ0n) is 18.9. The van der Waals surface area contributed by atoms with E-state index in [9.17, 15) is 19.2 Å². The molecule has 0 fully saturated rings. The second kappa shape index (κ2) is 8.54. The molecule has 2 heterocycles. The van der Waals surface area contributed by atoms with Gasteiger partial charge in [-0.1, -0.05) is 38.2 Å². The van der Waals surface area contributed by atoms with E-state index in [1.807, 2.05) is 39.8 Å². The molecule has 0 aromatic heterocycles. The van der Waals surface area contributed by atoms with Crippen LogP contribution in [0.2, 0.25) is 0 Å². The first-order chi connectivity index (χ1) is 15.6. The minimum atomic E-state index is -0.435. The van der Waals surface area contributed by atoms with E-state index in [2.05, 4.69) is 22.4 Å². The fourth-order valence-electron chi connectivity index (χ4n) is 4.31. The molecule has 0 radical (unpaired) electrons. The maximum Gasteiger partial charge on any atom is 0.274 e. The quantitative estimate of drug-likeness (QED) is 0.623. The molecule has 0 aromatic carbocycles. The van der Waals surface area contributed by atoms with E-state index in [0.717, 1.165) is 32.3 Å². The first-order valence-electron chi connectivity index (χ1n) is 10.7. The van der Waals surface area contributed by atoms with Crippen LogP contribution in [0.1, 0.15) is 34.1 Å². The lowest BCUT2D eigenvalue weighted by Gasteiger charge is -2.24. The zero-order valence-corrected chi connectivity index (χ0v) is 18.9. The van der Waals surface area contributed by atoms with E-state index in [1.165, 1.54) is 24.3 Å². The second-order valence-electron chi connectivity index (χ2n) is 8.51. The Morgan fingerprint density at radius 3 is 1.30 bits per heavy atom. The number of carbonyl (C=O) groups excluding carboxylic acids is 4. The molecule has 4 amide bonds. The van der Waals surface area contributed by atoms with E-state index in [1.54, 1.807) is 0 Å². The predicted octanol–water partition coefficient (Wildman–Crippen LogP) is 2.98. The van der Waals surface area contributed by atoms with Crippen molar-refractivity contribution in [3.63, 3.8) is 0 Å². The summed E-state index contributed by atoms with van der Waals surface area (Å²) < 4.78 is 0. The summed E-state index contributed by atoms with van der Waals surface area (Å²) in [6, 6.07) is 0. The molecule has 0 saturated carbocycles. The molecule has 2 aliphatic carbocycles. The molecule has 0 spiro atoms. The third-order valence-electron chi connectivity index (χ3n) is 5.80. The van der Waals surface area contributed by atoms with Crippen molar-refractivity contribution < 1.29 is 19.2 Å². The third-order valence-corrected chi connectivity index (χ3v) is 5.80. The van der Waals surface area contributed by atoms with Crippen molar-refractivity contribution in [1.29, 1.82) is 0 Å². The molecule has 8 nitrogen and oxygen atoms in total. The lowest BCUT2D eigenvalue weighted by atomic mass is 9.84. The van der Waals surface area contributed by atoms with Gasteiger partial charge < -0.3 is 0 Å². The number of rotatable bonds is 4. The molecular weight excluding hydrogens is 420 g/mol. The van der Waals surface area contributed by atoms with Crippen LogP contribution in [-0.4, -0.2) is 45.1 Å². The van der Waals surface area contributed by atoms with Gasteiger partial charge >= 0.3 is 0 Å². The summed E-state index contributed by atoms with van der Waals surface area (Å²) in [7, 11) is 0. The lowest BCUT2D eigenvalue weighted by Crippen LogP contribution is -2.28. The highest BCUT2D eigenvalue weighted by Gasteiger charge is 2.28. The summed E-state index contributed by atoms with van der Waals surface area (Å²) in [6.45, 7) is 7.80. The van der Waals surface area contributed by atoms with Crippen LogP contribution in [0.5, 0.6) is 0 Å².